The summed E-state index contributed by atoms with van der Waals surface area (Å²) in [6, 6.07) is 4.35. The van der Waals surface area contributed by atoms with E-state index in [1.54, 1.807) is 0 Å². The number of nitrogens with two attached hydrogens (primary N) is 1. The molecule has 0 bridgehead atoms. The Morgan fingerprint density at radius 1 is 1.27 bits per heavy atom. The Bertz CT molecular complexity index is 501. The molecule has 1 atom stereocenters. The number of quaternary nitrogens is 1. The predicted octanol–water partition coefficient (Wildman–Crippen LogP) is 3.48. The maximum Gasteiger partial charge on any atom is 0.282 e. The van der Waals surface area contributed by atoms with Crippen molar-refractivity contribution in [2.24, 2.45) is 0 Å². The number of amides is 1. The van der Waals surface area contributed by atoms with E-state index in [1.807, 2.05) is 6.92 Å². The van der Waals surface area contributed by atoms with Gasteiger partial charge in [-0.05, 0) is 50.8 Å². The summed E-state index contributed by atoms with van der Waals surface area (Å²) < 4.78 is 13.0. The van der Waals surface area contributed by atoms with Crippen molar-refractivity contribution < 1.29 is 14.5 Å². The molecule has 0 aliphatic heterocycles. The molecule has 0 heterocycles. The molecule has 0 aromatic heterocycles. The van der Waals surface area contributed by atoms with Crippen molar-refractivity contribution in [3.05, 3.63) is 29.0 Å². The number of carbonyl (C=O) groups excluding carboxylic acids is 1. The van der Waals surface area contributed by atoms with Gasteiger partial charge in [0, 0.05) is 0 Å². The van der Waals surface area contributed by atoms with Crippen molar-refractivity contribution >= 4 is 23.2 Å². The maximum absolute atomic E-state index is 13.0. The highest BCUT2D eigenvalue weighted by Gasteiger charge is 2.23. The Labute approximate surface area is 136 Å². The molecule has 2 rings (SSSR count). The number of rotatable bonds is 4. The summed E-state index contributed by atoms with van der Waals surface area (Å²) in [7, 11) is 0. The number of benzene rings is 1. The zero-order valence-corrected chi connectivity index (χ0v) is 13.8. The van der Waals surface area contributed by atoms with E-state index in [2.05, 4.69) is 10.6 Å². The molecule has 1 fully saturated rings. The first-order valence-electron chi connectivity index (χ1n) is 8.17. The minimum atomic E-state index is -0.405. The van der Waals surface area contributed by atoms with E-state index in [4.69, 9.17) is 11.6 Å². The number of carbonyl (C=O) groups is 1. The van der Waals surface area contributed by atoms with Gasteiger partial charge in [-0.25, -0.2) is 4.39 Å². The van der Waals surface area contributed by atoms with Gasteiger partial charge in [0.2, 0.25) is 0 Å². The van der Waals surface area contributed by atoms with Crippen molar-refractivity contribution in [2.45, 2.75) is 64.0 Å². The summed E-state index contributed by atoms with van der Waals surface area (Å²) in [5.41, 5.74) is 0.464. The lowest BCUT2D eigenvalue weighted by molar-refractivity contribution is -0.707. The Kier molecular flexibility index (Phi) is 6.65. The highest BCUT2D eigenvalue weighted by molar-refractivity contribution is 6.33. The van der Waals surface area contributed by atoms with Gasteiger partial charge < -0.3 is 10.6 Å². The molecule has 3 N–H and O–H groups in total. The lowest BCUT2D eigenvalue weighted by Gasteiger charge is -2.21. The molecule has 22 heavy (non-hydrogen) atoms. The van der Waals surface area contributed by atoms with Crippen LogP contribution >= 0.6 is 11.6 Å². The minimum Gasteiger partial charge on any atom is -0.334 e. The number of hydrogen-bond donors (Lipinski definition) is 2. The molecule has 0 saturated heterocycles. The summed E-state index contributed by atoms with van der Waals surface area (Å²) >= 11 is 5.94. The van der Waals surface area contributed by atoms with Gasteiger partial charge in [-0.1, -0.05) is 30.9 Å². The summed E-state index contributed by atoms with van der Waals surface area (Å²) in [5, 5.41) is 5.18. The molecule has 3 nitrogen and oxygen atoms in total. The average Bonchev–Trinajstić information content (AvgIpc) is 2.44. The molecule has 0 radical (unpaired) electrons. The lowest BCUT2D eigenvalue weighted by atomic mass is 9.96. The zero-order valence-electron chi connectivity index (χ0n) is 13.1. The summed E-state index contributed by atoms with van der Waals surface area (Å²) in [6.45, 7) is 1.91. The van der Waals surface area contributed by atoms with Gasteiger partial charge in [-0.15, -0.1) is 0 Å². The van der Waals surface area contributed by atoms with E-state index < -0.39 is 5.82 Å². The molecule has 0 unspecified atom stereocenters. The second-order valence-corrected chi connectivity index (χ2v) is 6.61. The molecule has 1 amide bonds. The molecule has 1 aromatic rings. The van der Waals surface area contributed by atoms with Crippen molar-refractivity contribution in [1.29, 1.82) is 0 Å². The van der Waals surface area contributed by atoms with Gasteiger partial charge in [0.05, 0.1) is 16.8 Å². The highest BCUT2D eigenvalue weighted by Crippen LogP contribution is 2.22. The molecule has 1 aromatic carbocycles. The van der Waals surface area contributed by atoms with Gasteiger partial charge in [0.25, 0.3) is 5.91 Å². The second kappa shape index (κ2) is 8.49. The molecular weight excluding hydrogens is 303 g/mol. The standard InChI is InChI=1S/C17H24ClFN2O/c1-12(20-14-7-5-3-2-4-6-8-14)17(22)21-16-10-9-13(19)11-15(16)18/h9-12,14,20H,2-8H2,1H3,(H,21,22)/p+1/t12-/m0/s1. The van der Waals surface area contributed by atoms with E-state index in [0.29, 0.717) is 11.7 Å². The van der Waals surface area contributed by atoms with Gasteiger partial charge in [-0.2, -0.15) is 0 Å². The van der Waals surface area contributed by atoms with Crippen molar-refractivity contribution in [3.8, 4) is 0 Å². The third-order valence-corrected chi connectivity index (χ3v) is 4.63. The maximum atomic E-state index is 13.0. The third kappa shape index (κ3) is 5.25. The molecule has 122 valence electrons. The van der Waals surface area contributed by atoms with Crippen LogP contribution in [0, 0.1) is 5.82 Å². The quantitative estimate of drug-likeness (QED) is 0.873. The lowest BCUT2D eigenvalue weighted by Crippen LogP contribution is -2.96. The van der Waals surface area contributed by atoms with Crippen LogP contribution in [0.1, 0.15) is 51.9 Å². The van der Waals surface area contributed by atoms with Crippen LogP contribution in [-0.2, 0) is 4.79 Å². The number of hydrogen-bond acceptors (Lipinski definition) is 1. The minimum absolute atomic E-state index is 0.0874. The Balaban J connectivity index is 1.88. The SMILES string of the molecule is C[C@H]([NH2+]C1CCCCCCC1)C(=O)Nc1ccc(F)cc1Cl. The molecule has 1 saturated carbocycles. The average molecular weight is 328 g/mol. The van der Waals surface area contributed by atoms with Gasteiger partial charge in [0.15, 0.2) is 6.04 Å². The van der Waals surface area contributed by atoms with Gasteiger partial charge in [-0.3, -0.25) is 4.79 Å². The fourth-order valence-corrected chi connectivity index (χ4v) is 3.23. The van der Waals surface area contributed by atoms with E-state index in [1.165, 1.54) is 63.1 Å². The molecule has 1 aliphatic carbocycles. The van der Waals surface area contributed by atoms with Crippen molar-refractivity contribution in [1.82, 2.24) is 0 Å². The van der Waals surface area contributed by atoms with Crippen molar-refractivity contribution in [3.63, 3.8) is 0 Å². The predicted molar refractivity (Wildman–Crippen MR) is 87.5 cm³/mol. The molecule has 0 spiro atoms. The normalized spacial score (nSPS) is 18.3. The van der Waals surface area contributed by atoms with Crippen LogP contribution < -0.4 is 10.6 Å². The van der Waals surface area contributed by atoms with E-state index in [0.717, 1.165) is 0 Å². The van der Waals surface area contributed by atoms with Crippen LogP contribution in [0.2, 0.25) is 5.02 Å². The fraction of sp³-hybridized carbons (Fsp3) is 0.588. The van der Waals surface area contributed by atoms with Crippen LogP contribution in [0.25, 0.3) is 0 Å². The molecular formula is C17H25ClFN2O+. The first-order valence-corrected chi connectivity index (χ1v) is 8.55. The van der Waals surface area contributed by atoms with Crippen LogP contribution in [-0.4, -0.2) is 18.0 Å². The van der Waals surface area contributed by atoms with Crippen LogP contribution in [0.4, 0.5) is 10.1 Å². The zero-order chi connectivity index (χ0) is 15.9. The first kappa shape index (κ1) is 17.2. The summed E-state index contributed by atoms with van der Waals surface area (Å²) in [4.78, 5) is 12.3. The number of anilines is 1. The Hall–Kier alpha value is -1.13. The fourth-order valence-electron chi connectivity index (χ4n) is 3.01. The third-order valence-electron chi connectivity index (χ3n) is 4.31. The molecule has 5 heteroatoms. The second-order valence-electron chi connectivity index (χ2n) is 6.20. The van der Waals surface area contributed by atoms with Crippen LogP contribution in [0.3, 0.4) is 0 Å². The summed E-state index contributed by atoms with van der Waals surface area (Å²) in [5.74, 6) is -0.493. The van der Waals surface area contributed by atoms with E-state index >= 15 is 0 Å². The van der Waals surface area contributed by atoms with E-state index in [9.17, 15) is 9.18 Å². The highest BCUT2D eigenvalue weighted by atomic mass is 35.5. The van der Waals surface area contributed by atoms with E-state index in [-0.39, 0.29) is 17.0 Å². The van der Waals surface area contributed by atoms with Crippen LogP contribution in [0.5, 0.6) is 0 Å². The number of nitrogens with one attached hydrogen (secondary N) is 1. The van der Waals surface area contributed by atoms with Gasteiger partial charge in [0.1, 0.15) is 5.82 Å². The Morgan fingerprint density at radius 3 is 2.55 bits per heavy atom. The van der Waals surface area contributed by atoms with Crippen LogP contribution in [0.15, 0.2) is 18.2 Å². The van der Waals surface area contributed by atoms with Gasteiger partial charge >= 0.3 is 0 Å². The van der Waals surface area contributed by atoms with Crippen molar-refractivity contribution in [2.75, 3.05) is 5.32 Å². The Morgan fingerprint density at radius 2 is 1.91 bits per heavy atom. The smallest absolute Gasteiger partial charge is 0.282 e. The monoisotopic (exact) mass is 327 g/mol. The molecule has 1 aliphatic rings. The number of halogens is 2. The summed E-state index contributed by atoms with van der Waals surface area (Å²) in [6.07, 6.45) is 8.79. The first-order chi connectivity index (χ1) is 10.6. The topological polar surface area (TPSA) is 45.7 Å². The largest absolute Gasteiger partial charge is 0.334 e.